The van der Waals surface area contributed by atoms with Gasteiger partial charge in [0.15, 0.2) is 11.6 Å². The Morgan fingerprint density at radius 3 is 2.73 bits per heavy atom. The maximum Gasteiger partial charge on any atom is 0.162 e. The SMILES string of the molecule is CC(C)C1NCCc2c1ccc(F)c2F. The molecule has 1 unspecified atom stereocenters. The lowest BCUT2D eigenvalue weighted by atomic mass is 9.87. The topological polar surface area (TPSA) is 12.0 Å². The fraction of sp³-hybridized carbons (Fsp3) is 0.500. The Morgan fingerprint density at radius 2 is 2.07 bits per heavy atom. The second-order valence-electron chi connectivity index (χ2n) is 4.35. The van der Waals surface area contributed by atoms with E-state index in [1.165, 1.54) is 6.07 Å². The lowest BCUT2D eigenvalue weighted by Gasteiger charge is -2.30. The second-order valence-corrected chi connectivity index (χ2v) is 4.35. The minimum atomic E-state index is -0.738. The molecule has 0 amide bonds. The number of nitrogens with one attached hydrogen (secondary N) is 1. The van der Waals surface area contributed by atoms with Crippen LogP contribution in [0.4, 0.5) is 8.78 Å². The van der Waals surface area contributed by atoms with Crippen LogP contribution in [0.3, 0.4) is 0 Å². The Bertz CT molecular complexity index is 374. The number of hydrogen-bond donors (Lipinski definition) is 1. The molecule has 1 N–H and O–H groups in total. The van der Waals surface area contributed by atoms with Crippen LogP contribution >= 0.6 is 0 Å². The molecule has 1 nitrogen and oxygen atoms in total. The highest BCUT2D eigenvalue weighted by molar-refractivity contribution is 5.34. The Hall–Kier alpha value is -0.960. The third kappa shape index (κ3) is 1.76. The number of fused-ring (bicyclic) bond motifs is 1. The molecular weight excluding hydrogens is 196 g/mol. The molecule has 1 heterocycles. The zero-order chi connectivity index (χ0) is 11.0. The van der Waals surface area contributed by atoms with E-state index < -0.39 is 11.6 Å². The molecule has 0 aliphatic carbocycles. The van der Waals surface area contributed by atoms with Gasteiger partial charge in [-0.05, 0) is 36.1 Å². The van der Waals surface area contributed by atoms with Crippen LogP contribution in [-0.4, -0.2) is 6.54 Å². The van der Waals surface area contributed by atoms with Gasteiger partial charge in [-0.15, -0.1) is 0 Å². The van der Waals surface area contributed by atoms with Gasteiger partial charge in [0.25, 0.3) is 0 Å². The normalized spacial score (nSPS) is 20.5. The third-order valence-corrected chi connectivity index (χ3v) is 2.97. The van der Waals surface area contributed by atoms with Crippen molar-refractivity contribution < 1.29 is 8.78 Å². The smallest absolute Gasteiger partial charge is 0.162 e. The summed E-state index contributed by atoms with van der Waals surface area (Å²) in [5, 5.41) is 3.33. The minimum Gasteiger partial charge on any atom is -0.309 e. The monoisotopic (exact) mass is 211 g/mol. The Morgan fingerprint density at radius 1 is 1.33 bits per heavy atom. The summed E-state index contributed by atoms with van der Waals surface area (Å²) in [6.07, 6.45) is 0.572. The molecule has 1 aliphatic rings. The molecule has 3 heteroatoms. The molecule has 1 aromatic rings. The zero-order valence-corrected chi connectivity index (χ0v) is 8.98. The van der Waals surface area contributed by atoms with E-state index in [0.717, 1.165) is 12.1 Å². The first-order valence-corrected chi connectivity index (χ1v) is 5.31. The standard InChI is InChI=1S/C12H15F2N/c1-7(2)12-9-3-4-10(13)11(14)8(9)5-6-15-12/h3-4,7,12,15H,5-6H2,1-2H3. The highest BCUT2D eigenvalue weighted by Gasteiger charge is 2.25. The summed E-state index contributed by atoms with van der Waals surface area (Å²) in [6.45, 7) is 4.87. The van der Waals surface area contributed by atoms with Crippen molar-refractivity contribution in [1.29, 1.82) is 0 Å². The first-order valence-electron chi connectivity index (χ1n) is 5.31. The van der Waals surface area contributed by atoms with E-state index in [2.05, 4.69) is 19.2 Å². The number of halogens is 2. The summed E-state index contributed by atoms with van der Waals surface area (Å²) < 4.78 is 26.6. The van der Waals surface area contributed by atoms with Gasteiger partial charge in [0, 0.05) is 6.04 Å². The first kappa shape index (κ1) is 10.6. The van der Waals surface area contributed by atoms with Crippen molar-refractivity contribution in [3.8, 4) is 0 Å². The molecule has 0 bridgehead atoms. The fourth-order valence-corrected chi connectivity index (χ4v) is 2.21. The molecule has 82 valence electrons. The molecule has 1 atom stereocenters. The third-order valence-electron chi connectivity index (χ3n) is 2.97. The van der Waals surface area contributed by atoms with E-state index >= 15 is 0 Å². The van der Waals surface area contributed by atoms with E-state index in [-0.39, 0.29) is 6.04 Å². The summed E-state index contributed by atoms with van der Waals surface area (Å²) in [5.41, 5.74) is 1.46. The van der Waals surface area contributed by atoms with Gasteiger partial charge < -0.3 is 5.32 Å². The lowest BCUT2D eigenvalue weighted by molar-refractivity contribution is 0.383. The fourth-order valence-electron chi connectivity index (χ4n) is 2.21. The zero-order valence-electron chi connectivity index (χ0n) is 8.98. The Labute approximate surface area is 88.5 Å². The lowest BCUT2D eigenvalue weighted by Crippen LogP contribution is -2.33. The maximum atomic E-state index is 13.5. The molecule has 1 aliphatic heterocycles. The molecule has 0 radical (unpaired) electrons. The van der Waals surface area contributed by atoms with Gasteiger partial charge in [-0.3, -0.25) is 0 Å². The largest absolute Gasteiger partial charge is 0.309 e. The van der Waals surface area contributed by atoms with Crippen LogP contribution in [0.1, 0.15) is 31.0 Å². The van der Waals surface area contributed by atoms with Gasteiger partial charge in [0.2, 0.25) is 0 Å². The van der Waals surface area contributed by atoms with Crippen molar-refractivity contribution in [3.63, 3.8) is 0 Å². The van der Waals surface area contributed by atoms with Gasteiger partial charge >= 0.3 is 0 Å². The van der Waals surface area contributed by atoms with E-state index in [9.17, 15) is 8.78 Å². The molecule has 1 aromatic carbocycles. The molecule has 0 aromatic heterocycles. The van der Waals surface area contributed by atoms with Gasteiger partial charge in [-0.1, -0.05) is 19.9 Å². The quantitative estimate of drug-likeness (QED) is 0.753. The number of benzene rings is 1. The van der Waals surface area contributed by atoms with Gasteiger partial charge in [-0.25, -0.2) is 8.78 Å². The first-order chi connectivity index (χ1) is 7.11. The van der Waals surface area contributed by atoms with E-state index in [1.807, 2.05) is 0 Å². The minimum absolute atomic E-state index is 0.142. The van der Waals surface area contributed by atoms with Crippen LogP contribution < -0.4 is 5.32 Å². The van der Waals surface area contributed by atoms with Crippen LogP contribution in [0.2, 0.25) is 0 Å². The molecule has 0 fully saturated rings. The van der Waals surface area contributed by atoms with E-state index in [1.54, 1.807) is 6.07 Å². The highest BCUT2D eigenvalue weighted by Crippen LogP contribution is 2.30. The van der Waals surface area contributed by atoms with Crippen LogP contribution in [0.25, 0.3) is 0 Å². The Kier molecular flexibility index (Phi) is 2.74. The van der Waals surface area contributed by atoms with Crippen molar-refractivity contribution in [2.75, 3.05) is 6.54 Å². The van der Waals surface area contributed by atoms with Crippen molar-refractivity contribution in [1.82, 2.24) is 5.32 Å². The van der Waals surface area contributed by atoms with E-state index in [4.69, 9.17) is 0 Å². The number of hydrogen-bond acceptors (Lipinski definition) is 1. The molecule has 15 heavy (non-hydrogen) atoms. The average molecular weight is 211 g/mol. The molecular formula is C12H15F2N. The van der Waals surface area contributed by atoms with Crippen LogP contribution in [0.15, 0.2) is 12.1 Å². The summed E-state index contributed by atoms with van der Waals surface area (Å²) >= 11 is 0. The summed E-state index contributed by atoms with van der Waals surface area (Å²) in [7, 11) is 0. The summed E-state index contributed by atoms with van der Waals surface area (Å²) in [4.78, 5) is 0. The second kappa shape index (κ2) is 3.89. The Balaban J connectivity index is 2.49. The molecule has 0 saturated carbocycles. The van der Waals surface area contributed by atoms with Crippen molar-refractivity contribution >= 4 is 0 Å². The predicted molar refractivity (Wildman–Crippen MR) is 55.6 cm³/mol. The van der Waals surface area contributed by atoms with Crippen LogP contribution in [-0.2, 0) is 6.42 Å². The van der Waals surface area contributed by atoms with Crippen molar-refractivity contribution in [3.05, 3.63) is 34.9 Å². The maximum absolute atomic E-state index is 13.5. The molecule has 0 saturated heterocycles. The molecule has 0 spiro atoms. The van der Waals surface area contributed by atoms with Gasteiger partial charge in [-0.2, -0.15) is 0 Å². The highest BCUT2D eigenvalue weighted by atomic mass is 19.2. The van der Waals surface area contributed by atoms with Gasteiger partial charge in [0.1, 0.15) is 0 Å². The van der Waals surface area contributed by atoms with E-state index in [0.29, 0.717) is 17.9 Å². The predicted octanol–water partition coefficient (Wildman–Crippen LogP) is 2.81. The van der Waals surface area contributed by atoms with Crippen molar-refractivity contribution in [2.24, 2.45) is 5.92 Å². The van der Waals surface area contributed by atoms with Crippen LogP contribution in [0.5, 0.6) is 0 Å². The summed E-state index contributed by atoms with van der Waals surface area (Å²) in [6, 6.07) is 3.06. The molecule has 2 rings (SSSR count). The summed E-state index contributed by atoms with van der Waals surface area (Å²) in [5.74, 6) is -1.02. The number of rotatable bonds is 1. The average Bonchev–Trinajstić information content (AvgIpc) is 2.23. The van der Waals surface area contributed by atoms with Crippen LogP contribution in [0, 0.1) is 17.6 Å². The van der Waals surface area contributed by atoms with Gasteiger partial charge in [0.05, 0.1) is 0 Å². The van der Waals surface area contributed by atoms with Crippen molar-refractivity contribution in [2.45, 2.75) is 26.3 Å².